The number of ether oxygens (including phenoxy) is 3. The highest BCUT2D eigenvalue weighted by molar-refractivity contribution is 6.70. The van der Waals surface area contributed by atoms with Crippen molar-refractivity contribution in [3.63, 3.8) is 0 Å². The molecule has 1 amide bonds. The molecule has 2 atom stereocenters. The maximum Gasteiger partial charge on any atom is 0.275 e. The molecule has 0 saturated carbocycles. The quantitative estimate of drug-likeness (QED) is 0.733. The fraction of sp³-hybridized carbons (Fsp3) is 0.227. The maximum atomic E-state index is 12.8. The van der Waals surface area contributed by atoms with E-state index in [0.717, 1.165) is 5.56 Å². The first kappa shape index (κ1) is 19.5. The van der Waals surface area contributed by atoms with Crippen LogP contribution in [0, 0.1) is 22.7 Å². The predicted octanol–water partition coefficient (Wildman–Crippen LogP) is 1.75. The van der Waals surface area contributed by atoms with Gasteiger partial charge in [0.25, 0.3) is 5.91 Å². The molecule has 158 valence electrons. The Morgan fingerprint density at radius 2 is 1.94 bits per heavy atom. The highest BCUT2D eigenvalue weighted by Crippen LogP contribution is 2.39. The van der Waals surface area contributed by atoms with Crippen molar-refractivity contribution >= 4 is 28.8 Å². The van der Waals surface area contributed by atoms with E-state index < -0.39 is 18.4 Å². The van der Waals surface area contributed by atoms with Crippen LogP contribution in [0.15, 0.2) is 40.3 Å². The molecule has 0 aromatic heterocycles. The Kier molecular flexibility index (Phi) is 4.51. The van der Waals surface area contributed by atoms with Gasteiger partial charge in [0.05, 0.1) is 43.3 Å². The molecule has 1 saturated heterocycles. The smallest absolute Gasteiger partial charge is 0.275 e. The Morgan fingerprint density at radius 3 is 2.66 bits per heavy atom. The van der Waals surface area contributed by atoms with Gasteiger partial charge in [-0.15, -0.1) is 0 Å². The van der Waals surface area contributed by atoms with E-state index in [0.29, 0.717) is 28.7 Å². The number of carbonyl (C=O) groups excluding carboxylic acids is 1. The van der Waals surface area contributed by atoms with E-state index in [2.05, 4.69) is 15.3 Å². The van der Waals surface area contributed by atoms with Crippen molar-refractivity contribution in [1.82, 2.24) is 5.32 Å². The predicted molar refractivity (Wildman–Crippen MR) is 113 cm³/mol. The van der Waals surface area contributed by atoms with Gasteiger partial charge in [-0.25, -0.2) is 9.98 Å². The summed E-state index contributed by atoms with van der Waals surface area (Å²) in [6.45, 7) is 0.263. The third kappa shape index (κ3) is 3.11. The minimum atomic E-state index is -0.503. The first-order chi connectivity index (χ1) is 15.6. The van der Waals surface area contributed by atoms with Crippen LogP contribution in [-0.4, -0.2) is 44.1 Å². The number of anilines is 1. The molecule has 5 rings (SSSR count). The Bertz CT molecular complexity index is 1300. The van der Waals surface area contributed by atoms with Crippen LogP contribution in [-0.2, 0) is 16.1 Å². The number of aliphatic imine (C=N–C) groups is 2. The molecule has 0 aliphatic carbocycles. The summed E-state index contributed by atoms with van der Waals surface area (Å²) in [5, 5.41) is 21.7. The van der Waals surface area contributed by atoms with Crippen LogP contribution in [0.3, 0.4) is 0 Å². The van der Waals surface area contributed by atoms with Crippen LogP contribution in [0.5, 0.6) is 11.5 Å². The molecule has 0 bridgehead atoms. The standard InChI is InChI=1S/C22H16N6O4/c1-30-14-4-3-11(17(7-14)31-2)10-28-16-6-13(9-24)12(8-23)5-15(16)25-18-19(28)26-21-22(32-21)27-20(18)29/h3-7,21-22H,10H2,1-2H3,(H,27,29). The van der Waals surface area contributed by atoms with Gasteiger partial charge in [0.1, 0.15) is 23.6 Å². The monoisotopic (exact) mass is 428 g/mol. The van der Waals surface area contributed by atoms with E-state index in [1.807, 2.05) is 18.2 Å². The second-order valence-electron chi connectivity index (χ2n) is 7.21. The van der Waals surface area contributed by atoms with Crippen molar-refractivity contribution in [2.75, 3.05) is 19.1 Å². The lowest BCUT2D eigenvalue weighted by Gasteiger charge is -2.31. The van der Waals surface area contributed by atoms with Gasteiger partial charge in [-0.05, 0) is 24.3 Å². The molecule has 3 aliphatic heterocycles. The van der Waals surface area contributed by atoms with E-state index in [-0.39, 0.29) is 23.4 Å². The van der Waals surface area contributed by atoms with Crippen LogP contribution >= 0.6 is 0 Å². The summed E-state index contributed by atoms with van der Waals surface area (Å²) in [5.41, 5.74) is 2.24. The van der Waals surface area contributed by atoms with Crippen LogP contribution in [0.25, 0.3) is 0 Å². The molecule has 3 heterocycles. The number of methoxy groups -OCH3 is 2. The molecule has 0 radical (unpaired) electrons. The molecule has 0 spiro atoms. The second kappa shape index (κ2) is 7.38. The van der Waals surface area contributed by atoms with E-state index >= 15 is 0 Å². The Hall–Kier alpha value is -4.41. The van der Waals surface area contributed by atoms with Crippen molar-refractivity contribution in [2.24, 2.45) is 9.98 Å². The van der Waals surface area contributed by atoms with Gasteiger partial charge in [-0.1, -0.05) is 0 Å². The number of fused-ring (bicyclic) bond motifs is 3. The third-order valence-corrected chi connectivity index (χ3v) is 5.38. The molecule has 10 heteroatoms. The van der Waals surface area contributed by atoms with E-state index in [4.69, 9.17) is 14.2 Å². The molecule has 3 aliphatic rings. The lowest BCUT2D eigenvalue weighted by molar-refractivity contribution is -0.115. The van der Waals surface area contributed by atoms with Crippen molar-refractivity contribution in [3.8, 4) is 23.6 Å². The number of nitrogens with zero attached hydrogens (tertiary/aromatic N) is 5. The number of benzene rings is 2. The van der Waals surface area contributed by atoms with Gasteiger partial charge < -0.3 is 24.4 Å². The average molecular weight is 428 g/mol. The first-order valence-corrected chi connectivity index (χ1v) is 9.66. The van der Waals surface area contributed by atoms with Crippen molar-refractivity contribution < 1.29 is 19.0 Å². The summed E-state index contributed by atoms with van der Waals surface area (Å²) in [6.07, 6.45) is -0.995. The van der Waals surface area contributed by atoms with Gasteiger partial charge in [0.15, 0.2) is 24.0 Å². The van der Waals surface area contributed by atoms with Gasteiger partial charge >= 0.3 is 0 Å². The van der Waals surface area contributed by atoms with Crippen LogP contribution in [0.1, 0.15) is 16.7 Å². The lowest BCUT2D eigenvalue weighted by Crippen LogP contribution is -2.45. The van der Waals surface area contributed by atoms with Crippen molar-refractivity contribution in [2.45, 2.75) is 19.0 Å². The molecule has 10 nitrogen and oxygen atoms in total. The minimum Gasteiger partial charge on any atom is -0.497 e. The largest absolute Gasteiger partial charge is 0.497 e. The molecule has 32 heavy (non-hydrogen) atoms. The van der Waals surface area contributed by atoms with Crippen LogP contribution < -0.4 is 19.7 Å². The fourth-order valence-corrected chi connectivity index (χ4v) is 3.70. The van der Waals surface area contributed by atoms with E-state index in [1.54, 1.807) is 37.3 Å². The summed E-state index contributed by atoms with van der Waals surface area (Å²) >= 11 is 0. The molecular formula is C22H16N6O4. The summed E-state index contributed by atoms with van der Waals surface area (Å²) in [7, 11) is 3.13. The number of carbonyl (C=O) groups is 1. The van der Waals surface area contributed by atoms with Gasteiger partial charge in [0, 0.05) is 11.6 Å². The number of nitriles is 2. The van der Waals surface area contributed by atoms with Crippen molar-refractivity contribution in [1.29, 1.82) is 10.5 Å². The zero-order valence-electron chi connectivity index (χ0n) is 17.1. The van der Waals surface area contributed by atoms with Crippen LogP contribution in [0.2, 0.25) is 0 Å². The molecule has 1 N–H and O–H groups in total. The maximum absolute atomic E-state index is 12.8. The second-order valence-corrected chi connectivity index (χ2v) is 7.21. The number of amidine groups is 1. The summed E-state index contributed by atoms with van der Waals surface area (Å²) in [6, 6.07) is 12.6. The highest BCUT2D eigenvalue weighted by atomic mass is 16.6. The summed E-state index contributed by atoms with van der Waals surface area (Å²) < 4.78 is 16.2. The zero-order chi connectivity index (χ0) is 22.4. The number of amides is 1. The first-order valence-electron chi connectivity index (χ1n) is 9.66. The number of rotatable bonds is 4. The normalized spacial score (nSPS) is 20.1. The SMILES string of the molecule is COc1ccc(CN2C3=NC4OC4NC(=O)C3=Nc3cc(C#N)c(C#N)cc32)c(OC)c1. The van der Waals surface area contributed by atoms with Crippen molar-refractivity contribution in [3.05, 3.63) is 47.0 Å². The number of nitrogens with one attached hydrogen (secondary N) is 1. The minimum absolute atomic E-state index is 0.120. The summed E-state index contributed by atoms with van der Waals surface area (Å²) in [5.74, 6) is 1.13. The third-order valence-electron chi connectivity index (χ3n) is 5.38. The highest BCUT2D eigenvalue weighted by Gasteiger charge is 2.47. The van der Waals surface area contributed by atoms with Gasteiger partial charge in [-0.3, -0.25) is 4.79 Å². The number of hydrogen-bond donors (Lipinski definition) is 1. The summed E-state index contributed by atoms with van der Waals surface area (Å²) in [4.78, 5) is 23.6. The Morgan fingerprint density at radius 1 is 1.16 bits per heavy atom. The Labute approximate surface area is 183 Å². The molecule has 2 aromatic carbocycles. The topological polar surface area (TPSA) is 136 Å². The molecule has 1 fully saturated rings. The Balaban J connectivity index is 1.68. The zero-order valence-corrected chi connectivity index (χ0v) is 17.1. The van der Waals surface area contributed by atoms with E-state index in [9.17, 15) is 15.3 Å². The molecular weight excluding hydrogens is 412 g/mol. The number of epoxide rings is 1. The molecule has 2 unspecified atom stereocenters. The van der Waals surface area contributed by atoms with Gasteiger partial charge in [-0.2, -0.15) is 10.5 Å². The van der Waals surface area contributed by atoms with E-state index in [1.165, 1.54) is 6.07 Å². The fourth-order valence-electron chi connectivity index (χ4n) is 3.70. The van der Waals surface area contributed by atoms with Crippen LogP contribution in [0.4, 0.5) is 11.4 Å². The van der Waals surface area contributed by atoms with Gasteiger partial charge in [0.2, 0.25) is 0 Å². The average Bonchev–Trinajstić information content (AvgIpc) is 3.57. The lowest BCUT2D eigenvalue weighted by atomic mass is 10.0. The molecule has 2 aromatic rings. The number of hydrogen-bond acceptors (Lipinski definition) is 9.